The van der Waals surface area contributed by atoms with Crippen LogP contribution in [0.3, 0.4) is 0 Å². The number of likely N-dealkylation sites (N-methyl/N-ethyl adjacent to an activating group) is 1. The molecule has 0 aliphatic carbocycles. The molecule has 0 bridgehead atoms. The lowest BCUT2D eigenvalue weighted by Gasteiger charge is -2.33. The average molecular weight is 572 g/mol. The van der Waals surface area contributed by atoms with Gasteiger partial charge in [0.25, 0.3) is 10.0 Å². The average Bonchev–Trinajstić information content (AvgIpc) is 2.92. The molecule has 0 saturated heterocycles. The van der Waals surface area contributed by atoms with Gasteiger partial charge in [-0.05, 0) is 68.3 Å². The highest BCUT2D eigenvalue weighted by atomic mass is 35.5. The first-order valence-electron chi connectivity index (χ1n) is 12.7. The van der Waals surface area contributed by atoms with Crippen molar-refractivity contribution in [2.24, 2.45) is 0 Å². The van der Waals surface area contributed by atoms with Crippen molar-refractivity contribution in [1.82, 2.24) is 10.2 Å². The van der Waals surface area contributed by atoms with Gasteiger partial charge in [0, 0.05) is 18.1 Å². The molecule has 0 unspecified atom stereocenters. The summed E-state index contributed by atoms with van der Waals surface area (Å²) in [6.07, 6.45) is 0.343. The Hall–Kier alpha value is -3.56. The van der Waals surface area contributed by atoms with Gasteiger partial charge in [-0.15, -0.1) is 0 Å². The largest absolute Gasteiger partial charge is 0.497 e. The molecule has 3 aromatic rings. The second-order valence-electron chi connectivity index (χ2n) is 8.99. The number of carbonyl (C=O) groups excluding carboxylic acids is 2. The van der Waals surface area contributed by atoms with Crippen molar-refractivity contribution >= 4 is 39.1 Å². The minimum atomic E-state index is -4.15. The summed E-state index contributed by atoms with van der Waals surface area (Å²) in [4.78, 5) is 28.4. The molecule has 0 saturated carbocycles. The van der Waals surface area contributed by atoms with Crippen LogP contribution in [0.4, 0.5) is 5.69 Å². The summed E-state index contributed by atoms with van der Waals surface area (Å²) in [5.41, 5.74) is 1.91. The standard InChI is InChI=1S/C29H34ClN3O5S/c1-5-27(29(35)31-6-2)32(19-22-12-14-25(38-4)15-13-22)28(34)20-33(24-9-7-8-23(30)18-24)39(36,37)26-16-10-21(3)11-17-26/h7-18,27H,5-6,19-20H2,1-4H3,(H,31,35)/t27-/m0/s1. The van der Waals surface area contributed by atoms with Crippen LogP contribution >= 0.6 is 11.6 Å². The fourth-order valence-electron chi connectivity index (χ4n) is 4.14. The molecule has 0 aliphatic heterocycles. The molecule has 2 amide bonds. The normalized spacial score (nSPS) is 11.9. The van der Waals surface area contributed by atoms with Crippen LogP contribution in [0.25, 0.3) is 0 Å². The van der Waals surface area contributed by atoms with Crippen molar-refractivity contribution in [3.63, 3.8) is 0 Å². The first-order chi connectivity index (χ1) is 18.6. The third kappa shape index (κ3) is 7.52. The summed E-state index contributed by atoms with van der Waals surface area (Å²) in [5.74, 6) is -0.180. The van der Waals surface area contributed by atoms with E-state index in [1.165, 1.54) is 23.1 Å². The predicted molar refractivity (Wildman–Crippen MR) is 153 cm³/mol. The Balaban J connectivity index is 2.05. The SMILES string of the molecule is CCNC(=O)[C@H](CC)N(Cc1ccc(OC)cc1)C(=O)CN(c1cccc(Cl)c1)S(=O)(=O)c1ccc(C)cc1. The Morgan fingerprint density at radius 3 is 2.23 bits per heavy atom. The highest BCUT2D eigenvalue weighted by Gasteiger charge is 2.33. The number of benzene rings is 3. The topological polar surface area (TPSA) is 96.0 Å². The quantitative estimate of drug-likeness (QED) is 0.337. The van der Waals surface area contributed by atoms with E-state index in [2.05, 4.69) is 5.32 Å². The summed E-state index contributed by atoms with van der Waals surface area (Å²) in [7, 11) is -2.59. The molecule has 0 aliphatic rings. The van der Waals surface area contributed by atoms with Gasteiger partial charge in [-0.3, -0.25) is 13.9 Å². The van der Waals surface area contributed by atoms with Crippen LogP contribution in [0.5, 0.6) is 5.75 Å². The van der Waals surface area contributed by atoms with Crippen molar-refractivity contribution < 1.29 is 22.7 Å². The molecule has 1 N–H and O–H groups in total. The van der Waals surface area contributed by atoms with Crippen LogP contribution in [-0.2, 0) is 26.2 Å². The van der Waals surface area contributed by atoms with Crippen molar-refractivity contribution in [2.45, 2.75) is 44.7 Å². The molecule has 3 aromatic carbocycles. The van der Waals surface area contributed by atoms with Crippen molar-refractivity contribution in [3.8, 4) is 5.75 Å². The number of sulfonamides is 1. The molecule has 0 radical (unpaired) electrons. The third-order valence-corrected chi connectivity index (χ3v) is 8.26. The zero-order chi connectivity index (χ0) is 28.6. The first-order valence-corrected chi connectivity index (χ1v) is 14.5. The van der Waals surface area contributed by atoms with Crippen LogP contribution in [0.1, 0.15) is 31.4 Å². The molecule has 208 valence electrons. The number of aryl methyl sites for hydroxylation is 1. The molecule has 0 fully saturated rings. The number of nitrogens with one attached hydrogen (secondary N) is 1. The van der Waals surface area contributed by atoms with Crippen molar-refractivity contribution in [1.29, 1.82) is 0 Å². The summed E-state index contributed by atoms with van der Waals surface area (Å²) in [6.45, 7) is 5.45. The molecule has 10 heteroatoms. The molecular weight excluding hydrogens is 538 g/mol. The Morgan fingerprint density at radius 1 is 1.00 bits per heavy atom. The number of amides is 2. The molecule has 8 nitrogen and oxygen atoms in total. The Kier molecular flexibility index (Phi) is 10.4. The van der Waals surface area contributed by atoms with Gasteiger partial charge >= 0.3 is 0 Å². The van der Waals surface area contributed by atoms with Gasteiger partial charge < -0.3 is 15.0 Å². The number of hydrogen-bond acceptors (Lipinski definition) is 5. The Bertz CT molecular complexity index is 1380. The smallest absolute Gasteiger partial charge is 0.264 e. The van der Waals surface area contributed by atoms with E-state index >= 15 is 0 Å². The monoisotopic (exact) mass is 571 g/mol. The van der Waals surface area contributed by atoms with E-state index in [-0.39, 0.29) is 23.0 Å². The van der Waals surface area contributed by atoms with Gasteiger partial charge in [0.2, 0.25) is 11.8 Å². The maximum absolute atomic E-state index is 14.0. The van der Waals surface area contributed by atoms with Crippen LogP contribution in [0.15, 0.2) is 77.7 Å². The zero-order valence-corrected chi connectivity index (χ0v) is 24.1. The zero-order valence-electron chi connectivity index (χ0n) is 22.6. The molecule has 39 heavy (non-hydrogen) atoms. The lowest BCUT2D eigenvalue weighted by Crippen LogP contribution is -2.52. The minimum absolute atomic E-state index is 0.0401. The molecule has 1 atom stereocenters. The van der Waals surface area contributed by atoms with Gasteiger partial charge in [0.05, 0.1) is 17.7 Å². The Morgan fingerprint density at radius 2 is 1.67 bits per heavy atom. The highest BCUT2D eigenvalue weighted by molar-refractivity contribution is 7.92. The van der Waals surface area contributed by atoms with Crippen LogP contribution in [0, 0.1) is 6.92 Å². The minimum Gasteiger partial charge on any atom is -0.497 e. The summed E-state index contributed by atoms with van der Waals surface area (Å²) < 4.78 is 33.9. The van der Waals surface area contributed by atoms with E-state index in [1.54, 1.807) is 68.6 Å². The van der Waals surface area contributed by atoms with Gasteiger partial charge in [0.15, 0.2) is 0 Å². The second kappa shape index (κ2) is 13.5. The van der Waals surface area contributed by atoms with Crippen molar-refractivity contribution in [2.75, 3.05) is 24.5 Å². The van der Waals surface area contributed by atoms with Crippen LogP contribution in [0.2, 0.25) is 5.02 Å². The van der Waals surface area contributed by atoms with Gasteiger partial charge in [-0.1, -0.05) is 54.4 Å². The number of methoxy groups -OCH3 is 1. The maximum atomic E-state index is 14.0. The van der Waals surface area contributed by atoms with Crippen LogP contribution < -0.4 is 14.4 Å². The lowest BCUT2D eigenvalue weighted by molar-refractivity contribution is -0.140. The fraction of sp³-hybridized carbons (Fsp3) is 0.310. The van der Waals surface area contributed by atoms with Gasteiger partial charge in [-0.25, -0.2) is 8.42 Å². The number of nitrogens with zero attached hydrogens (tertiary/aromatic N) is 2. The number of ether oxygens (including phenoxy) is 1. The summed E-state index contributed by atoms with van der Waals surface area (Å²) in [5, 5.41) is 3.11. The number of halogens is 1. The van der Waals surface area contributed by atoms with Crippen LogP contribution in [-0.4, -0.2) is 51.4 Å². The molecule has 0 aromatic heterocycles. The molecular formula is C29H34ClN3O5S. The van der Waals surface area contributed by atoms with E-state index < -0.39 is 28.5 Å². The summed E-state index contributed by atoms with van der Waals surface area (Å²) >= 11 is 6.21. The van der Waals surface area contributed by atoms with E-state index in [4.69, 9.17) is 16.3 Å². The third-order valence-electron chi connectivity index (χ3n) is 6.23. The Labute approximate surface area is 235 Å². The predicted octanol–water partition coefficient (Wildman–Crippen LogP) is 4.80. The number of rotatable bonds is 12. The van der Waals surface area contributed by atoms with Crippen molar-refractivity contribution in [3.05, 3.63) is 88.9 Å². The fourth-order valence-corrected chi connectivity index (χ4v) is 5.73. The number of hydrogen-bond donors (Lipinski definition) is 1. The van der Waals surface area contributed by atoms with E-state index in [0.29, 0.717) is 23.7 Å². The molecule has 0 spiro atoms. The summed E-state index contributed by atoms with van der Waals surface area (Å²) in [6, 6.07) is 19.1. The van der Waals surface area contributed by atoms with E-state index in [1.807, 2.05) is 13.8 Å². The first kappa shape index (κ1) is 30.0. The molecule has 3 rings (SSSR count). The van der Waals surface area contributed by atoms with Gasteiger partial charge in [-0.2, -0.15) is 0 Å². The lowest BCUT2D eigenvalue weighted by atomic mass is 10.1. The second-order valence-corrected chi connectivity index (χ2v) is 11.3. The van der Waals surface area contributed by atoms with E-state index in [9.17, 15) is 18.0 Å². The maximum Gasteiger partial charge on any atom is 0.264 e. The number of carbonyl (C=O) groups is 2. The van der Waals surface area contributed by atoms with Gasteiger partial charge in [0.1, 0.15) is 18.3 Å². The highest BCUT2D eigenvalue weighted by Crippen LogP contribution is 2.27. The van der Waals surface area contributed by atoms with E-state index in [0.717, 1.165) is 15.4 Å². The number of anilines is 1. The molecule has 0 heterocycles.